The van der Waals surface area contributed by atoms with Crippen LogP contribution in [0.2, 0.25) is 10.0 Å². The number of hydrazine groups is 1. The van der Waals surface area contributed by atoms with Crippen LogP contribution in [0.1, 0.15) is 16.7 Å². The van der Waals surface area contributed by atoms with Crippen LogP contribution in [0.15, 0.2) is 59.6 Å². The van der Waals surface area contributed by atoms with E-state index in [2.05, 4.69) is 22.3 Å². The molecular formula is C23H15Cl2F2N3O2. The van der Waals surface area contributed by atoms with Gasteiger partial charge in [0.15, 0.2) is 11.7 Å². The molecule has 0 fully saturated rings. The van der Waals surface area contributed by atoms with Crippen molar-refractivity contribution < 1.29 is 18.6 Å². The van der Waals surface area contributed by atoms with E-state index >= 15 is 0 Å². The number of aliphatic hydroxyl groups is 1. The SMILES string of the molecule is COc1cc(N2NC(c3c(F)cccc3Cl)=NC2O)ccc1C#Cc1cccc(Cl)c1F. The van der Waals surface area contributed by atoms with E-state index in [-0.39, 0.29) is 27.0 Å². The first-order valence-electron chi connectivity index (χ1n) is 9.29. The lowest BCUT2D eigenvalue weighted by molar-refractivity contribution is 0.183. The summed E-state index contributed by atoms with van der Waals surface area (Å²) >= 11 is 11.9. The van der Waals surface area contributed by atoms with Gasteiger partial charge in [0.1, 0.15) is 11.6 Å². The summed E-state index contributed by atoms with van der Waals surface area (Å²) in [7, 11) is 1.46. The smallest absolute Gasteiger partial charge is 0.245 e. The zero-order chi connectivity index (χ0) is 22.8. The highest BCUT2D eigenvalue weighted by Gasteiger charge is 2.28. The van der Waals surface area contributed by atoms with Crippen LogP contribution in [0.3, 0.4) is 0 Å². The van der Waals surface area contributed by atoms with E-state index in [1.807, 2.05) is 0 Å². The Morgan fingerprint density at radius 1 is 1.03 bits per heavy atom. The fourth-order valence-electron chi connectivity index (χ4n) is 3.08. The van der Waals surface area contributed by atoms with Crippen LogP contribution in [-0.2, 0) is 0 Å². The van der Waals surface area contributed by atoms with Gasteiger partial charge in [-0.3, -0.25) is 5.43 Å². The average Bonchev–Trinajstić information content (AvgIpc) is 3.15. The summed E-state index contributed by atoms with van der Waals surface area (Å²) in [5.74, 6) is 4.88. The van der Waals surface area contributed by atoms with E-state index in [1.165, 1.54) is 42.5 Å². The Bertz CT molecular complexity index is 1270. The quantitative estimate of drug-likeness (QED) is 0.540. The van der Waals surface area contributed by atoms with Gasteiger partial charge in [0.2, 0.25) is 6.35 Å². The molecule has 0 amide bonds. The number of anilines is 1. The number of amidine groups is 1. The molecule has 0 saturated carbocycles. The predicted octanol–water partition coefficient (Wildman–Crippen LogP) is 4.73. The number of nitrogens with zero attached hydrogens (tertiary/aromatic N) is 2. The largest absolute Gasteiger partial charge is 0.495 e. The number of hydrogen-bond acceptors (Lipinski definition) is 5. The Hall–Kier alpha value is -3.31. The molecule has 3 aromatic carbocycles. The van der Waals surface area contributed by atoms with E-state index in [9.17, 15) is 13.9 Å². The predicted molar refractivity (Wildman–Crippen MR) is 120 cm³/mol. The Balaban J connectivity index is 1.62. The van der Waals surface area contributed by atoms with Crippen LogP contribution in [0.25, 0.3) is 0 Å². The maximum atomic E-state index is 14.2. The molecule has 2 N–H and O–H groups in total. The first-order valence-corrected chi connectivity index (χ1v) is 10.0. The van der Waals surface area contributed by atoms with E-state index in [4.69, 9.17) is 27.9 Å². The molecule has 0 bridgehead atoms. The highest BCUT2D eigenvalue weighted by atomic mass is 35.5. The van der Waals surface area contributed by atoms with Gasteiger partial charge in [-0.25, -0.2) is 18.8 Å². The van der Waals surface area contributed by atoms with Crippen molar-refractivity contribution in [2.45, 2.75) is 6.35 Å². The van der Waals surface area contributed by atoms with Gasteiger partial charge in [-0.2, -0.15) is 0 Å². The summed E-state index contributed by atoms with van der Waals surface area (Å²) in [6.07, 6.45) is -1.33. The topological polar surface area (TPSA) is 57.1 Å². The minimum absolute atomic E-state index is 0.0148. The minimum Gasteiger partial charge on any atom is -0.495 e. The molecule has 162 valence electrons. The summed E-state index contributed by atoms with van der Waals surface area (Å²) in [5, 5.41) is 11.8. The Morgan fingerprint density at radius 2 is 1.75 bits per heavy atom. The Morgan fingerprint density at radius 3 is 2.50 bits per heavy atom. The van der Waals surface area contributed by atoms with Crippen LogP contribution in [0, 0.1) is 23.5 Å². The molecule has 1 aliphatic heterocycles. The number of methoxy groups -OCH3 is 1. The number of aliphatic hydroxyl groups excluding tert-OH is 1. The third kappa shape index (κ3) is 4.21. The summed E-state index contributed by atoms with van der Waals surface area (Å²) in [6, 6.07) is 13.7. The number of aliphatic imine (C=N–C) groups is 1. The highest BCUT2D eigenvalue weighted by molar-refractivity contribution is 6.34. The van der Waals surface area contributed by atoms with Crippen LogP contribution in [0.4, 0.5) is 14.5 Å². The van der Waals surface area contributed by atoms with Crippen molar-refractivity contribution in [3.63, 3.8) is 0 Å². The summed E-state index contributed by atoms with van der Waals surface area (Å²) in [4.78, 5) is 4.05. The molecule has 1 heterocycles. The van der Waals surface area contributed by atoms with Crippen molar-refractivity contribution in [1.29, 1.82) is 0 Å². The van der Waals surface area contributed by atoms with Crippen molar-refractivity contribution in [3.05, 3.63) is 93.0 Å². The van der Waals surface area contributed by atoms with Crippen molar-refractivity contribution in [2.24, 2.45) is 4.99 Å². The summed E-state index contributed by atoms with van der Waals surface area (Å²) in [6.45, 7) is 0. The van der Waals surface area contributed by atoms with Gasteiger partial charge in [-0.15, -0.1) is 0 Å². The lowest BCUT2D eigenvalue weighted by Crippen LogP contribution is -2.41. The number of ether oxygens (including phenoxy) is 1. The number of nitrogens with one attached hydrogen (secondary N) is 1. The van der Waals surface area contributed by atoms with E-state index in [0.29, 0.717) is 17.0 Å². The van der Waals surface area contributed by atoms with Gasteiger partial charge in [0.05, 0.1) is 39.5 Å². The Labute approximate surface area is 192 Å². The van der Waals surface area contributed by atoms with Gasteiger partial charge < -0.3 is 9.84 Å². The van der Waals surface area contributed by atoms with Crippen molar-refractivity contribution >= 4 is 34.7 Å². The molecule has 0 aromatic heterocycles. The first kappa shape index (κ1) is 21.9. The molecule has 3 aromatic rings. The molecule has 4 rings (SSSR count). The van der Waals surface area contributed by atoms with E-state index < -0.39 is 18.0 Å². The summed E-state index contributed by atoms with van der Waals surface area (Å²) < 4.78 is 33.7. The molecule has 0 aliphatic carbocycles. The molecule has 1 aliphatic rings. The zero-order valence-corrected chi connectivity index (χ0v) is 18.0. The molecule has 1 atom stereocenters. The minimum atomic E-state index is -1.33. The normalized spacial score (nSPS) is 15.0. The second-order valence-electron chi connectivity index (χ2n) is 6.64. The lowest BCUT2D eigenvalue weighted by Gasteiger charge is -2.22. The van der Waals surface area contributed by atoms with Crippen LogP contribution < -0.4 is 15.2 Å². The third-order valence-electron chi connectivity index (χ3n) is 4.65. The van der Waals surface area contributed by atoms with Crippen molar-refractivity contribution in [1.82, 2.24) is 5.43 Å². The van der Waals surface area contributed by atoms with Gasteiger partial charge in [0, 0.05) is 6.07 Å². The van der Waals surface area contributed by atoms with E-state index in [0.717, 1.165) is 0 Å². The molecule has 9 heteroatoms. The van der Waals surface area contributed by atoms with Crippen LogP contribution in [0.5, 0.6) is 5.75 Å². The number of halogens is 4. The lowest BCUT2D eigenvalue weighted by atomic mass is 10.1. The fourth-order valence-corrected chi connectivity index (χ4v) is 3.51. The maximum absolute atomic E-state index is 14.2. The van der Waals surface area contributed by atoms with Crippen LogP contribution >= 0.6 is 23.2 Å². The van der Waals surface area contributed by atoms with Crippen molar-refractivity contribution in [2.75, 3.05) is 12.1 Å². The van der Waals surface area contributed by atoms with Crippen molar-refractivity contribution in [3.8, 4) is 17.6 Å². The second kappa shape index (κ2) is 9.05. The molecule has 5 nitrogen and oxygen atoms in total. The molecule has 32 heavy (non-hydrogen) atoms. The van der Waals surface area contributed by atoms with Gasteiger partial charge >= 0.3 is 0 Å². The molecule has 0 saturated heterocycles. The molecule has 0 radical (unpaired) electrons. The standard InChI is InChI=1S/C23H15Cl2F2N3O2/c1-32-19-12-15(11-10-13(19)8-9-14-4-2-6-17(25)21(14)27)30-23(31)28-22(29-30)20-16(24)5-3-7-18(20)26/h2-7,10-12,23,31H,1H3,(H,28,29). The number of hydrogen-bond donors (Lipinski definition) is 2. The number of rotatable bonds is 3. The second-order valence-corrected chi connectivity index (χ2v) is 7.45. The first-order chi connectivity index (χ1) is 15.4. The molecular weight excluding hydrogens is 459 g/mol. The van der Waals surface area contributed by atoms with Crippen LogP contribution in [-0.4, -0.2) is 24.4 Å². The average molecular weight is 474 g/mol. The van der Waals surface area contributed by atoms with Gasteiger partial charge in [-0.1, -0.05) is 47.2 Å². The van der Waals surface area contributed by atoms with E-state index in [1.54, 1.807) is 24.3 Å². The third-order valence-corrected chi connectivity index (χ3v) is 5.26. The maximum Gasteiger partial charge on any atom is 0.245 e. The zero-order valence-electron chi connectivity index (χ0n) is 16.5. The summed E-state index contributed by atoms with van der Waals surface area (Å²) in [5.41, 5.74) is 4.01. The Kier molecular flexibility index (Phi) is 6.19. The number of benzene rings is 3. The molecule has 1 unspecified atom stereocenters. The monoisotopic (exact) mass is 473 g/mol. The highest BCUT2D eigenvalue weighted by Crippen LogP contribution is 2.29. The fraction of sp³-hybridized carbons (Fsp3) is 0.0870. The van der Waals surface area contributed by atoms with Gasteiger partial charge in [0.25, 0.3) is 0 Å². The van der Waals surface area contributed by atoms with Gasteiger partial charge in [-0.05, 0) is 36.4 Å². The molecule has 0 spiro atoms.